The van der Waals surface area contributed by atoms with Gasteiger partial charge in [-0.25, -0.2) is 0 Å². The summed E-state index contributed by atoms with van der Waals surface area (Å²) < 4.78 is 0. The van der Waals surface area contributed by atoms with Crippen molar-refractivity contribution in [2.75, 3.05) is 6.61 Å². The Balaban J connectivity index is 2.11. The maximum atomic E-state index is 10.7. The molecule has 0 spiro atoms. The lowest BCUT2D eigenvalue weighted by Gasteiger charge is -2.32. The van der Waals surface area contributed by atoms with Gasteiger partial charge in [0.25, 0.3) is 0 Å². The average Bonchev–Trinajstić information content (AvgIpc) is 3.20. The summed E-state index contributed by atoms with van der Waals surface area (Å²) in [4.78, 5) is 7.04. The van der Waals surface area contributed by atoms with Crippen LogP contribution < -0.4 is 0 Å². The molecule has 3 unspecified atom stereocenters. The molecule has 0 saturated heterocycles. The number of aliphatic hydroxyl groups excluding tert-OH is 1. The summed E-state index contributed by atoms with van der Waals surface area (Å²) in [5, 5.41) is 28.7. The molecule has 1 aliphatic heterocycles. The van der Waals surface area contributed by atoms with Gasteiger partial charge in [0, 0.05) is 18.0 Å². The molecule has 0 saturated carbocycles. The molecule has 0 aliphatic carbocycles. The Hall–Kier alpha value is -2.74. The van der Waals surface area contributed by atoms with Gasteiger partial charge in [-0.15, -0.1) is 5.10 Å². The van der Waals surface area contributed by atoms with Crippen molar-refractivity contribution in [2.45, 2.75) is 78.2 Å². The molecule has 188 valence electrons. The van der Waals surface area contributed by atoms with Gasteiger partial charge in [-0.1, -0.05) is 74.9 Å². The van der Waals surface area contributed by atoms with Gasteiger partial charge in [-0.3, -0.25) is 9.89 Å². The number of rotatable bonds is 11. The molecule has 2 aromatic rings. The highest BCUT2D eigenvalue weighted by Gasteiger charge is 2.41. The molecule has 7 nitrogen and oxygen atoms in total. The van der Waals surface area contributed by atoms with Crippen LogP contribution in [0.15, 0.2) is 63.8 Å². The van der Waals surface area contributed by atoms with Crippen molar-refractivity contribution in [2.24, 2.45) is 21.2 Å². The highest BCUT2D eigenvalue weighted by molar-refractivity contribution is 6.04. The summed E-state index contributed by atoms with van der Waals surface area (Å²) in [5.41, 5.74) is 11.9. The van der Waals surface area contributed by atoms with Gasteiger partial charge in [0.05, 0.1) is 29.7 Å². The minimum absolute atomic E-state index is 0.116. The predicted molar refractivity (Wildman–Crippen MR) is 142 cm³/mol. The maximum Gasteiger partial charge on any atom is 0.103 e. The second-order valence-corrected chi connectivity index (χ2v) is 9.85. The minimum atomic E-state index is -1.11. The molecular weight excluding hydrogens is 438 g/mol. The van der Waals surface area contributed by atoms with Crippen LogP contribution in [0.5, 0.6) is 0 Å². The molecule has 3 atom stereocenters. The van der Waals surface area contributed by atoms with Crippen LogP contribution in [-0.2, 0) is 6.54 Å². The van der Waals surface area contributed by atoms with E-state index in [9.17, 15) is 10.2 Å². The van der Waals surface area contributed by atoms with Gasteiger partial charge in [-0.05, 0) is 49.4 Å². The van der Waals surface area contributed by atoms with Gasteiger partial charge < -0.3 is 10.2 Å². The van der Waals surface area contributed by atoms with Crippen LogP contribution >= 0.6 is 0 Å². The first-order valence-electron chi connectivity index (χ1n) is 12.5. The maximum absolute atomic E-state index is 10.7. The monoisotopic (exact) mass is 477 g/mol. The van der Waals surface area contributed by atoms with Gasteiger partial charge in [0.15, 0.2) is 0 Å². The van der Waals surface area contributed by atoms with Crippen molar-refractivity contribution in [3.8, 4) is 11.1 Å². The third-order valence-electron chi connectivity index (χ3n) is 6.82. The fourth-order valence-corrected chi connectivity index (χ4v) is 4.77. The first-order valence-corrected chi connectivity index (χ1v) is 12.5. The van der Waals surface area contributed by atoms with Gasteiger partial charge in [-0.2, -0.15) is 5.53 Å². The van der Waals surface area contributed by atoms with Crippen molar-refractivity contribution in [3.63, 3.8) is 0 Å². The lowest BCUT2D eigenvalue weighted by molar-refractivity contribution is 0.110. The quantitative estimate of drug-likeness (QED) is 0.221. The Kier molecular flexibility index (Phi) is 9.05. The fraction of sp³-hybridized carbons (Fsp3) is 0.500. The van der Waals surface area contributed by atoms with Crippen LogP contribution in [0.2, 0.25) is 0 Å². The van der Waals surface area contributed by atoms with E-state index in [1.807, 2.05) is 18.2 Å². The zero-order valence-corrected chi connectivity index (χ0v) is 21.6. The number of hydrogen-bond acceptors (Lipinski definition) is 6. The number of nitrogens with one attached hydrogen (secondary N) is 1. The fourth-order valence-electron chi connectivity index (χ4n) is 4.77. The standard InChI is InChI=1S/C28H39N5O2/c1-6-11-25-30-27(28(4,5)35)24(18-34)33(25)17-22-15-14-21(20-12-9-8-10-13-20)16-23(22)26(31-32-29)19(3)7-2/h8-10,12-16,19,24-25,29,34-35H,6-7,11,17-18H2,1-5H3/b31-26-,32-29?. The molecule has 0 aromatic heterocycles. The SMILES string of the molecule is CCCC1N=C(C(C)(C)O)C(CO)N1Cc1ccc(-c2ccccc2)cc1/C(=N\N=N)C(C)CC. The second kappa shape index (κ2) is 11.8. The summed E-state index contributed by atoms with van der Waals surface area (Å²) in [6.45, 7) is 10.2. The van der Waals surface area contributed by atoms with E-state index in [0.717, 1.165) is 47.2 Å². The van der Waals surface area contributed by atoms with Crippen LogP contribution in [0.3, 0.4) is 0 Å². The van der Waals surface area contributed by atoms with Crippen molar-refractivity contribution in [1.82, 2.24) is 4.90 Å². The molecule has 3 rings (SSSR count). The highest BCUT2D eigenvalue weighted by atomic mass is 16.3. The normalized spacial score (nSPS) is 20.1. The molecule has 0 radical (unpaired) electrons. The van der Waals surface area contributed by atoms with Crippen LogP contribution in [0, 0.1) is 11.4 Å². The second-order valence-electron chi connectivity index (χ2n) is 9.85. The summed E-state index contributed by atoms with van der Waals surface area (Å²) in [6, 6.07) is 16.2. The van der Waals surface area contributed by atoms with Crippen LogP contribution in [0.4, 0.5) is 0 Å². The van der Waals surface area contributed by atoms with Crippen LogP contribution in [-0.4, -0.2) is 51.0 Å². The van der Waals surface area contributed by atoms with E-state index in [2.05, 4.69) is 66.3 Å². The zero-order valence-electron chi connectivity index (χ0n) is 21.6. The van der Waals surface area contributed by atoms with Gasteiger partial charge in [0.2, 0.25) is 0 Å². The average molecular weight is 478 g/mol. The summed E-state index contributed by atoms with van der Waals surface area (Å²) in [7, 11) is 0. The molecule has 35 heavy (non-hydrogen) atoms. The lowest BCUT2D eigenvalue weighted by Crippen LogP contribution is -2.48. The summed E-state index contributed by atoms with van der Waals surface area (Å²) in [5.74, 6) is 0.121. The van der Waals surface area contributed by atoms with E-state index >= 15 is 0 Å². The van der Waals surface area contributed by atoms with E-state index < -0.39 is 5.60 Å². The Morgan fingerprint density at radius 2 is 1.86 bits per heavy atom. The van der Waals surface area contributed by atoms with Gasteiger partial charge >= 0.3 is 0 Å². The number of aliphatic imine (C=N–C) groups is 1. The molecule has 0 bridgehead atoms. The van der Waals surface area contributed by atoms with Crippen LogP contribution in [0.1, 0.15) is 65.0 Å². The number of aliphatic hydroxyl groups is 2. The number of nitrogens with zero attached hydrogens (tertiary/aromatic N) is 4. The predicted octanol–water partition coefficient (Wildman–Crippen LogP) is 5.65. The summed E-state index contributed by atoms with van der Waals surface area (Å²) in [6.07, 6.45) is 2.53. The molecule has 1 heterocycles. The first-order chi connectivity index (χ1) is 16.7. The molecule has 2 aromatic carbocycles. The molecule has 1 aliphatic rings. The third kappa shape index (κ3) is 6.10. The van der Waals surface area contributed by atoms with E-state index in [-0.39, 0.29) is 24.7 Å². The van der Waals surface area contributed by atoms with E-state index in [1.54, 1.807) is 13.8 Å². The van der Waals surface area contributed by atoms with Crippen molar-refractivity contribution in [3.05, 3.63) is 59.7 Å². The molecule has 7 heteroatoms. The summed E-state index contributed by atoms with van der Waals surface area (Å²) >= 11 is 0. The lowest BCUT2D eigenvalue weighted by atomic mass is 9.89. The Labute approximate surface area is 209 Å². The molecule has 3 N–H and O–H groups in total. The number of hydrogen-bond donors (Lipinski definition) is 3. The first kappa shape index (κ1) is 26.9. The van der Waals surface area contributed by atoms with Crippen LogP contribution in [0.25, 0.3) is 11.1 Å². The van der Waals surface area contributed by atoms with E-state index in [0.29, 0.717) is 12.3 Å². The molecular formula is C28H39N5O2. The highest BCUT2D eigenvalue weighted by Crippen LogP contribution is 2.32. The van der Waals surface area contributed by atoms with Crippen molar-refractivity contribution in [1.29, 1.82) is 5.53 Å². The Morgan fingerprint density at radius 1 is 1.14 bits per heavy atom. The minimum Gasteiger partial charge on any atom is -0.394 e. The largest absolute Gasteiger partial charge is 0.394 e. The third-order valence-corrected chi connectivity index (χ3v) is 6.82. The van der Waals surface area contributed by atoms with E-state index in [1.165, 1.54) is 0 Å². The Bertz CT molecular complexity index is 1060. The molecule has 0 fully saturated rings. The number of benzene rings is 2. The zero-order chi connectivity index (χ0) is 25.6. The van der Waals surface area contributed by atoms with Gasteiger partial charge in [0.1, 0.15) is 6.17 Å². The smallest absolute Gasteiger partial charge is 0.103 e. The van der Waals surface area contributed by atoms with E-state index in [4.69, 9.17) is 10.5 Å². The topological polar surface area (TPSA) is 105 Å². The molecule has 0 amide bonds. The van der Waals surface area contributed by atoms with Crippen molar-refractivity contribution < 1.29 is 10.2 Å². The Morgan fingerprint density at radius 3 is 2.43 bits per heavy atom. The van der Waals surface area contributed by atoms with Crippen molar-refractivity contribution >= 4 is 11.4 Å².